The van der Waals surface area contributed by atoms with E-state index in [-0.39, 0.29) is 18.1 Å². The lowest BCUT2D eigenvalue weighted by atomic mass is 10.2. The second kappa shape index (κ2) is 4.28. The molecule has 0 aromatic heterocycles. The Balaban J connectivity index is 1.77. The van der Waals surface area contributed by atoms with Crippen molar-refractivity contribution in [3.63, 3.8) is 0 Å². The lowest BCUT2D eigenvalue weighted by Gasteiger charge is -2.15. The number of hydrogen-bond acceptors (Lipinski definition) is 3. The molecule has 2 aliphatic rings. The monoisotopic (exact) mass is 198 g/mol. The maximum atomic E-state index is 11.7. The molecule has 0 saturated carbocycles. The van der Waals surface area contributed by atoms with Crippen LogP contribution < -0.4 is 10.6 Å². The van der Waals surface area contributed by atoms with E-state index in [0.717, 1.165) is 32.4 Å². The van der Waals surface area contributed by atoms with Gasteiger partial charge in [-0.05, 0) is 32.7 Å². The Labute approximate surface area is 84.4 Å². The quantitative estimate of drug-likeness (QED) is 0.658. The predicted octanol–water partition coefficient (Wildman–Crippen LogP) is 0.0320. The molecule has 0 aliphatic carbocycles. The Morgan fingerprint density at radius 3 is 2.86 bits per heavy atom. The summed E-state index contributed by atoms with van der Waals surface area (Å²) in [6, 6.07) is 0.307. The van der Waals surface area contributed by atoms with Gasteiger partial charge in [-0.3, -0.25) is 4.79 Å². The largest absolute Gasteiger partial charge is 0.365 e. The van der Waals surface area contributed by atoms with Gasteiger partial charge in [0.25, 0.3) is 0 Å². The Morgan fingerprint density at radius 2 is 2.29 bits per heavy atom. The fourth-order valence-electron chi connectivity index (χ4n) is 2.07. The highest BCUT2D eigenvalue weighted by Crippen LogP contribution is 2.19. The fourth-order valence-corrected chi connectivity index (χ4v) is 2.07. The van der Waals surface area contributed by atoms with E-state index in [1.54, 1.807) is 0 Å². The molecule has 14 heavy (non-hydrogen) atoms. The summed E-state index contributed by atoms with van der Waals surface area (Å²) in [5.41, 5.74) is 0. The summed E-state index contributed by atoms with van der Waals surface area (Å²) >= 11 is 0. The molecule has 0 bridgehead atoms. The van der Waals surface area contributed by atoms with E-state index in [2.05, 4.69) is 10.6 Å². The van der Waals surface area contributed by atoms with Crippen LogP contribution in [0.15, 0.2) is 0 Å². The number of rotatable bonds is 2. The van der Waals surface area contributed by atoms with Gasteiger partial charge in [-0.25, -0.2) is 0 Å². The van der Waals surface area contributed by atoms with Gasteiger partial charge in [0.1, 0.15) is 6.10 Å². The van der Waals surface area contributed by atoms with Gasteiger partial charge < -0.3 is 15.4 Å². The molecule has 2 fully saturated rings. The Hall–Kier alpha value is -0.610. The average molecular weight is 198 g/mol. The molecule has 4 nitrogen and oxygen atoms in total. The number of ether oxygens (including phenoxy) is 1. The van der Waals surface area contributed by atoms with E-state index in [0.29, 0.717) is 6.04 Å². The zero-order valence-corrected chi connectivity index (χ0v) is 8.58. The van der Waals surface area contributed by atoms with Crippen molar-refractivity contribution in [3.05, 3.63) is 0 Å². The third kappa shape index (κ3) is 2.25. The van der Waals surface area contributed by atoms with Crippen LogP contribution in [-0.4, -0.2) is 37.2 Å². The van der Waals surface area contributed by atoms with Crippen LogP contribution in [0.2, 0.25) is 0 Å². The zero-order chi connectivity index (χ0) is 9.97. The van der Waals surface area contributed by atoms with Gasteiger partial charge in [0, 0.05) is 12.6 Å². The molecule has 0 aromatic rings. The number of carbonyl (C=O) groups is 1. The minimum absolute atomic E-state index is 0.0723. The third-order valence-corrected chi connectivity index (χ3v) is 2.93. The lowest BCUT2D eigenvalue weighted by molar-refractivity contribution is -0.132. The highest BCUT2D eigenvalue weighted by atomic mass is 16.5. The van der Waals surface area contributed by atoms with Gasteiger partial charge in [0.2, 0.25) is 5.91 Å². The second-order valence-electron chi connectivity index (χ2n) is 4.21. The molecule has 2 aliphatic heterocycles. The van der Waals surface area contributed by atoms with Crippen LogP contribution in [0.25, 0.3) is 0 Å². The molecule has 2 saturated heterocycles. The molecule has 1 amide bonds. The molecule has 0 aromatic carbocycles. The zero-order valence-electron chi connectivity index (χ0n) is 8.58. The average Bonchev–Trinajstić information content (AvgIpc) is 2.75. The highest BCUT2D eigenvalue weighted by Gasteiger charge is 2.29. The SMILES string of the molecule is CC1CCC(C(=O)NC2CCNC2)O1. The highest BCUT2D eigenvalue weighted by molar-refractivity contribution is 5.81. The van der Waals surface area contributed by atoms with Gasteiger partial charge in [0.15, 0.2) is 0 Å². The lowest BCUT2D eigenvalue weighted by Crippen LogP contribution is -2.42. The van der Waals surface area contributed by atoms with Crippen molar-refractivity contribution in [1.82, 2.24) is 10.6 Å². The van der Waals surface area contributed by atoms with Crippen molar-refractivity contribution in [2.24, 2.45) is 0 Å². The molecular formula is C10H18N2O2. The number of nitrogens with one attached hydrogen (secondary N) is 2. The van der Waals surface area contributed by atoms with Gasteiger partial charge >= 0.3 is 0 Å². The van der Waals surface area contributed by atoms with Gasteiger partial charge in [-0.2, -0.15) is 0 Å². The summed E-state index contributed by atoms with van der Waals surface area (Å²) in [7, 11) is 0. The number of hydrogen-bond donors (Lipinski definition) is 2. The van der Waals surface area contributed by atoms with Crippen LogP contribution in [0.4, 0.5) is 0 Å². The topological polar surface area (TPSA) is 50.4 Å². The summed E-state index contributed by atoms with van der Waals surface area (Å²) in [6.07, 6.45) is 2.94. The van der Waals surface area contributed by atoms with E-state index in [1.807, 2.05) is 6.92 Å². The molecule has 0 spiro atoms. The Morgan fingerprint density at radius 1 is 1.43 bits per heavy atom. The second-order valence-corrected chi connectivity index (χ2v) is 4.21. The van der Waals surface area contributed by atoms with Crippen molar-refractivity contribution in [2.75, 3.05) is 13.1 Å². The minimum atomic E-state index is -0.203. The molecule has 2 rings (SSSR count). The number of carbonyl (C=O) groups excluding carboxylic acids is 1. The minimum Gasteiger partial charge on any atom is -0.365 e. The molecule has 3 unspecified atom stereocenters. The molecule has 0 radical (unpaired) electrons. The summed E-state index contributed by atoms with van der Waals surface area (Å²) in [4.78, 5) is 11.7. The van der Waals surface area contributed by atoms with Crippen LogP contribution in [0.5, 0.6) is 0 Å². The van der Waals surface area contributed by atoms with E-state index >= 15 is 0 Å². The Kier molecular flexibility index (Phi) is 3.03. The smallest absolute Gasteiger partial charge is 0.249 e. The van der Waals surface area contributed by atoms with Crippen LogP contribution in [0.3, 0.4) is 0 Å². The van der Waals surface area contributed by atoms with Crippen LogP contribution in [-0.2, 0) is 9.53 Å². The summed E-state index contributed by atoms with van der Waals surface area (Å²) in [5.74, 6) is 0.0723. The van der Waals surface area contributed by atoms with Gasteiger partial charge in [-0.1, -0.05) is 0 Å². The molecule has 2 N–H and O–H groups in total. The van der Waals surface area contributed by atoms with E-state index in [9.17, 15) is 4.79 Å². The third-order valence-electron chi connectivity index (χ3n) is 2.93. The molecule has 3 atom stereocenters. The van der Waals surface area contributed by atoms with E-state index in [4.69, 9.17) is 4.74 Å². The fraction of sp³-hybridized carbons (Fsp3) is 0.900. The molecule has 80 valence electrons. The maximum Gasteiger partial charge on any atom is 0.249 e. The normalized spacial score (nSPS) is 37.4. The summed E-state index contributed by atoms with van der Waals surface area (Å²) < 4.78 is 5.50. The summed E-state index contributed by atoms with van der Waals surface area (Å²) in [5, 5.41) is 6.24. The maximum absolute atomic E-state index is 11.7. The number of amides is 1. The first kappa shape index (κ1) is 9.93. The summed E-state index contributed by atoms with van der Waals surface area (Å²) in [6.45, 7) is 3.92. The van der Waals surface area contributed by atoms with Crippen molar-refractivity contribution in [2.45, 2.75) is 44.4 Å². The van der Waals surface area contributed by atoms with E-state index in [1.165, 1.54) is 0 Å². The molecule has 4 heteroatoms. The standard InChI is InChI=1S/C10H18N2O2/c1-7-2-3-9(14-7)10(13)12-8-4-5-11-6-8/h7-9,11H,2-6H2,1H3,(H,12,13). The van der Waals surface area contributed by atoms with Crippen LogP contribution >= 0.6 is 0 Å². The van der Waals surface area contributed by atoms with Crippen LogP contribution in [0.1, 0.15) is 26.2 Å². The van der Waals surface area contributed by atoms with Crippen molar-refractivity contribution in [3.8, 4) is 0 Å². The first-order valence-electron chi connectivity index (χ1n) is 5.42. The first-order chi connectivity index (χ1) is 6.75. The van der Waals surface area contributed by atoms with Crippen molar-refractivity contribution in [1.29, 1.82) is 0 Å². The Bertz CT molecular complexity index is 214. The van der Waals surface area contributed by atoms with Crippen molar-refractivity contribution < 1.29 is 9.53 Å². The van der Waals surface area contributed by atoms with Gasteiger partial charge in [0.05, 0.1) is 6.10 Å². The first-order valence-corrected chi connectivity index (χ1v) is 5.42. The van der Waals surface area contributed by atoms with Crippen LogP contribution in [0, 0.1) is 0 Å². The van der Waals surface area contributed by atoms with E-state index < -0.39 is 0 Å². The van der Waals surface area contributed by atoms with Gasteiger partial charge in [-0.15, -0.1) is 0 Å². The van der Waals surface area contributed by atoms with Crippen molar-refractivity contribution >= 4 is 5.91 Å². The predicted molar refractivity (Wildman–Crippen MR) is 53.0 cm³/mol. The molecule has 2 heterocycles. The molecular weight excluding hydrogens is 180 g/mol.